The molecule has 2 aliphatic heterocycles. The maximum Gasteiger partial charge on any atom is 0.328 e. The Kier molecular flexibility index (Phi) is 16.1. The number of Topliss-reactive ketones (excluding diaryl/α,β-unsaturated/α-hetero) is 1. The van der Waals surface area contributed by atoms with Crippen LogP contribution in [0.4, 0.5) is 0 Å². The number of carbonyl (C=O) groups excluding carboxylic acids is 2. The van der Waals surface area contributed by atoms with Crippen LogP contribution in [0.1, 0.15) is 22.6 Å². The van der Waals surface area contributed by atoms with Gasteiger partial charge in [0.05, 0.1) is 37.3 Å². The van der Waals surface area contributed by atoms with Crippen molar-refractivity contribution in [2.24, 2.45) is 0 Å². The molecule has 2 aromatic carbocycles. The number of imidazole rings is 1. The normalized spacial score (nSPS) is 15.1. The maximum absolute atomic E-state index is 12.7. The van der Waals surface area contributed by atoms with E-state index in [1.165, 1.54) is 0 Å². The number of ether oxygens (including phenoxy) is 1. The van der Waals surface area contributed by atoms with Gasteiger partial charge in [-0.3, -0.25) is 19.4 Å². The number of ketones is 1. The first kappa shape index (κ1) is 39.7. The third kappa shape index (κ3) is 14.4. The Labute approximate surface area is 293 Å². The fraction of sp³-hybridized carbons (Fsp3) is 0.343. The molecule has 1 amide bonds. The molecule has 0 unspecified atom stereocenters. The molecule has 0 bridgehead atoms. The number of para-hydroxylation sites is 2. The first-order valence-corrected chi connectivity index (χ1v) is 16.0. The van der Waals surface area contributed by atoms with Crippen LogP contribution < -0.4 is 0 Å². The van der Waals surface area contributed by atoms with Crippen LogP contribution in [0.5, 0.6) is 0 Å². The molecular weight excluding hydrogens is 666 g/mol. The Bertz CT molecular complexity index is 1640. The zero-order valence-electron chi connectivity index (χ0n) is 27.9. The van der Waals surface area contributed by atoms with Gasteiger partial charge in [0.1, 0.15) is 5.82 Å². The first-order chi connectivity index (χ1) is 24.4. The van der Waals surface area contributed by atoms with Crippen molar-refractivity contribution in [3.63, 3.8) is 0 Å². The van der Waals surface area contributed by atoms with E-state index in [1.807, 2.05) is 53.4 Å². The van der Waals surface area contributed by atoms with Gasteiger partial charge in [-0.15, -0.1) is 0 Å². The van der Waals surface area contributed by atoms with Gasteiger partial charge >= 0.3 is 23.9 Å². The van der Waals surface area contributed by atoms with Gasteiger partial charge in [-0.2, -0.15) is 0 Å². The molecule has 272 valence electrons. The fourth-order valence-electron chi connectivity index (χ4n) is 5.17. The van der Waals surface area contributed by atoms with E-state index in [4.69, 9.17) is 30.1 Å². The van der Waals surface area contributed by atoms with Crippen LogP contribution >= 0.6 is 0 Å². The van der Waals surface area contributed by atoms with Crippen molar-refractivity contribution < 1.29 is 53.9 Å². The molecule has 2 fully saturated rings. The van der Waals surface area contributed by atoms with Crippen LogP contribution in [-0.4, -0.2) is 139 Å². The smallest absolute Gasteiger partial charge is 0.328 e. The fourth-order valence-corrected chi connectivity index (χ4v) is 5.17. The van der Waals surface area contributed by atoms with E-state index in [9.17, 15) is 28.8 Å². The number of fused-ring (bicyclic) bond motifs is 1. The summed E-state index contributed by atoms with van der Waals surface area (Å²) in [4.78, 5) is 75.0. The van der Waals surface area contributed by atoms with Crippen LogP contribution in [0.25, 0.3) is 11.0 Å². The third-order valence-corrected chi connectivity index (χ3v) is 7.68. The summed E-state index contributed by atoms with van der Waals surface area (Å²) in [6.45, 7) is 8.00. The van der Waals surface area contributed by atoms with Crippen LogP contribution in [0.2, 0.25) is 0 Å². The zero-order valence-corrected chi connectivity index (χ0v) is 27.9. The molecular formula is C35H41N5O11. The van der Waals surface area contributed by atoms with Gasteiger partial charge in [-0.05, 0) is 12.1 Å². The molecule has 4 N–H and O–H groups in total. The molecule has 2 saturated heterocycles. The number of carboxylic acid groups (broad SMARTS) is 4. The van der Waals surface area contributed by atoms with Gasteiger partial charge in [0.2, 0.25) is 5.91 Å². The molecule has 0 saturated carbocycles. The van der Waals surface area contributed by atoms with Crippen molar-refractivity contribution in [2.75, 3.05) is 59.0 Å². The van der Waals surface area contributed by atoms with E-state index in [0.29, 0.717) is 70.1 Å². The quantitative estimate of drug-likeness (QED) is 0.156. The summed E-state index contributed by atoms with van der Waals surface area (Å²) >= 11 is 0. The molecule has 3 aromatic rings. The Morgan fingerprint density at radius 3 is 1.73 bits per heavy atom. The van der Waals surface area contributed by atoms with Crippen LogP contribution in [0, 0.1) is 0 Å². The lowest BCUT2D eigenvalue weighted by molar-refractivity contribution is -0.137. The zero-order chi connectivity index (χ0) is 37.2. The Balaban J connectivity index is 0.000000366. The van der Waals surface area contributed by atoms with Gasteiger partial charge in [-0.1, -0.05) is 42.5 Å². The topological polar surface area (TPSA) is 220 Å². The average Bonchev–Trinajstić information content (AvgIpc) is 3.47. The van der Waals surface area contributed by atoms with Crippen molar-refractivity contribution in [3.05, 3.63) is 90.3 Å². The molecule has 0 atom stereocenters. The number of morpholine rings is 1. The molecule has 51 heavy (non-hydrogen) atoms. The highest BCUT2D eigenvalue weighted by molar-refractivity contribution is 5.96. The van der Waals surface area contributed by atoms with Crippen molar-refractivity contribution in [1.82, 2.24) is 24.3 Å². The predicted molar refractivity (Wildman–Crippen MR) is 183 cm³/mol. The molecule has 0 spiro atoms. The average molecular weight is 708 g/mol. The number of aliphatic carboxylic acids is 4. The highest BCUT2D eigenvalue weighted by Gasteiger charge is 2.24. The molecule has 3 heterocycles. The second-order valence-electron chi connectivity index (χ2n) is 11.3. The summed E-state index contributed by atoms with van der Waals surface area (Å²) in [5.41, 5.74) is 2.78. The summed E-state index contributed by atoms with van der Waals surface area (Å²) < 4.78 is 7.55. The van der Waals surface area contributed by atoms with E-state index in [1.54, 1.807) is 0 Å². The summed E-state index contributed by atoms with van der Waals surface area (Å²) in [6.07, 6.45) is 2.67. The summed E-state index contributed by atoms with van der Waals surface area (Å²) in [6, 6.07) is 17.6. The number of carboxylic acids is 4. The number of nitrogens with zero attached hydrogens (tertiary/aromatic N) is 5. The lowest BCUT2D eigenvalue weighted by Crippen LogP contribution is -2.51. The standard InChI is InChI=1S/C27H33N5O3.2C4H4O4/c33-25(22-6-2-1-3-7-22)10-11-32-24-9-5-4-8-23(24)28-26(32)20-29-12-14-30(15-13-29)21-27(34)31-16-18-35-19-17-31;2*5-3(6)1-2-4(7)8/h1-9H,10-21H2;2*1-2H,(H,5,6)(H,7,8)/b;2*2-1+. The van der Waals surface area contributed by atoms with Crippen molar-refractivity contribution in [2.45, 2.75) is 19.5 Å². The summed E-state index contributed by atoms with van der Waals surface area (Å²) in [7, 11) is 0. The molecule has 0 radical (unpaired) electrons. The predicted octanol–water partition coefficient (Wildman–Crippen LogP) is 1.71. The molecule has 1 aromatic heterocycles. The lowest BCUT2D eigenvalue weighted by atomic mass is 10.1. The number of aromatic nitrogens is 2. The number of rotatable bonds is 12. The number of hydrogen-bond acceptors (Lipinski definition) is 10. The van der Waals surface area contributed by atoms with Crippen LogP contribution in [0.3, 0.4) is 0 Å². The number of aryl methyl sites for hydroxylation is 1. The molecule has 16 heteroatoms. The third-order valence-electron chi connectivity index (χ3n) is 7.68. The summed E-state index contributed by atoms with van der Waals surface area (Å²) in [5.74, 6) is -3.69. The number of piperazine rings is 1. The summed E-state index contributed by atoms with van der Waals surface area (Å²) in [5, 5.41) is 31.2. The van der Waals surface area contributed by atoms with E-state index < -0.39 is 23.9 Å². The molecule has 5 rings (SSSR count). The largest absolute Gasteiger partial charge is 0.478 e. The minimum absolute atomic E-state index is 0.146. The first-order valence-electron chi connectivity index (χ1n) is 16.0. The molecule has 2 aliphatic rings. The van der Waals surface area contributed by atoms with E-state index >= 15 is 0 Å². The second kappa shape index (κ2) is 20.7. The van der Waals surface area contributed by atoms with Gasteiger partial charge in [0, 0.05) is 82.1 Å². The number of amides is 1. The van der Waals surface area contributed by atoms with Crippen LogP contribution in [-0.2, 0) is 41.8 Å². The SMILES string of the molecule is O=C(CCn1c(CN2CCN(CC(=O)N3CCOCC3)CC2)nc2ccccc21)c1ccccc1.O=C(O)/C=C/C(=O)O.O=C(O)/C=C/C(=O)O. The Morgan fingerprint density at radius 2 is 1.18 bits per heavy atom. The lowest BCUT2D eigenvalue weighted by Gasteiger charge is -2.35. The van der Waals surface area contributed by atoms with Crippen molar-refractivity contribution in [1.29, 1.82) is 0 Å². The Morgan fingerprint density at radius 1 is 0.667 bits per heavy atom. The van der Waals surface area contributed by atoms with Gasteiger partial charge in [0.15, 0.2) is 5.78 Å². The highest BCUT2D eigenvalue weighted by atomic mass is 16.5. The number of benzene rings is 2. The van der Waals surface area contributed by atoms with Crippen LogP contribution in [0.15, 0.2) is 78.9 Å². The van der Waals surface area contributed by atoms with Gasteiger partial charge in [0.25, 0.3) is 0 Å². The number of hydrogen-bond donors (Lipinski definition) is 4. The van der Waals surface area contributed by atoms with Crippen molar-refractivity contribution in [3.8, 4) is 0 Å². The van der Waals surface area contributed by atoms with E-state index in [0.717, 1.165) is 55.1 Å². The van der Waals surface area contributed by atoms with E-state index in [2.05, 4.69) is 20.4 Å². The van der Waals surface area contributed by atoms with Gasteiger partial charge in [-0.25, -0.2) is 24.2 Å². The second-order valence-corrected chi connectivity index (χ2v) is 11.3. The Hall–Kier alpha value is -5.71. The minimum atomic E-state index is -1.26. The highest BCUT2D eigenvalue weighted by Crippen LogP contribution is 2.19. The van der Waals surface area contributed by atoms with Crippen molar-refractivity contribution >= 4 is 46.6 Å². The van der Waals surface area contributed by atoms with E-state index in [-0.39, 0.29) is 11.7 Å². The maximum atomic E-state index is 12.7. The minimum Gasteiger partial charge on any atom is -0.478 e. The molecule has 16 nitrogen and oxygen atoms in total. The monoisotopic (exact) mass is 707 g/mol. The number of carbonyl (C=O) groups is 6. The van der Waals surface area contributed by atoms with Gasteiger partial charge < -0.3 is 34.6 Å². The molecule has 0 aliphatic carbocycles.